The molecule has 0 aliphatic heterocycles. The third-order valence-corrected chi connectivity index (χ3v) is 5.30. The summed E-state index contributed by atoms with van der Waals surface area (Å²) in [6.07, 6.45) is 1.07. The predicted molar refractivity (Wildman–Crippen MR) is 129 cm³/mol. The van der Waals surface area contributed by atoms with E-state index in [-0.39, 0.29) is 29.9 Å². The fourth-order valence-electron chi connectivity index (χ4n) is 3.17. The molecule has 0 aliphatic carbocycles. The molecule has 0 aliphatic rings. The molecule has 3 aromatic rings. The number of aromatic carboxylic acids is 1. The quantitative estimate of drug-likeness (QED) is 0.405. The van der Waals surface area contributed by atoms with Gasteiger partial charge in [-0.3, -0.25) is 9.59 Å². The van der Waals surface area contributed by atoms with Gasteiger partial charge in [0.25, 0.3) is 5.91 Å². The first kappa shape index (κ1) is 24.0. The summed E-state index contributed by atoms with van der Waals surface area (Å²) in [7, 11) is 0. The van der Waals surface area contributed by atoms with Crippen LogP contribution in [0.25, 0.3) is 0 Å². The Morgan fingerprint density at radius 3 is 1.82 bits per heavy atom. The largest absolute Gasteiger partial charge is 0.478 e. The van der Waals surface area contributed by atoms with Gasteiger partial charge in [0.15, 0.2) is 0 Å². The van der Waals surface area contributed by atoms with Crippen LogP contribution >= 0.6 is 23.2 Å². The molecule has 33 heavy (non-hydrogen) atoms. The molecule has 0 aromatic heterocycles. The molecule has 0 spiro atoms. The highest BCUT2D eigenvalue weighted by atomic mass is 35.5. The lowest BCUT2D eigenvalue weighted by atomic mass is 10.0. The van der Waals surface area contributed by atoms with Crippen LogP contribution in [0.15, 0.2) is 79.4 Å². The molecule has 0 unspecified atom stereocenters. The summed E-state index contributed by atoms with van der Waals surface area (Å²) in [4.78, 5) is 38.5. The summed E-state index contributed by atoms with van der Waals surface area (Å²) in [5.74, 6) is -2.25. The van der Waals surface area contributed by atoms with Gasteiger partial charge in [-0.25, -0.2) is 4.79 Å². The fraction of sp³-hybridized carbons (Fsp3) is 0.0800. The maximum Gasteiger partial charge on any atom is 0.336 e. The average molecular weight is 483 g/mol. The van der Waals surface area contributed by atoms with Crippen molar-refractivity contribution in [3.05, 3.63) is 112 Å². The number of carbonyl (C=O) groups excluding carboxylic acids is 2. The zero-order valence-corrected chi connectivity index (χ0v) is 18.9. The second-order valence-electron chi connectivity index (χ2n) is 7.17. The van der Waals surface area contributed by atoms with Gasteiger partial charge in [-0.2, -0.15) is 0 Å². The maximum absolute atomic E-state index is 13.5. The lowest BCUT2D eigenvalue weighted by molar-refractivity contribution is -0.111. The van der Waals surface area contributed by atoms with Crippen molar-refractivity contribution in [3.8, 4) is 0 Å². The van der Waals surface area contributed by atoms with Gasteiger partial charge in [0, 0.05) is 28.8 Å². The number of hydrogen-bond acceptors (Lipinski definition) is 3. The maximum atomic E-state index is 13.5. The Hall–Kier alpha value is -3.61. The van der Waals surface area contributed by atoms with Crippen molar-refractivity contribution >= 4 is 46.7 Å². The van der Waals surface area contributed by atoms with Gasteiger partial charge < -0.3 is 15.3 Å². The van der Waals surface area contributed by atoms with Crippen LogP contribution in [0.5, 0.6) is 0 Å². The molecule has 8 heteroatoms. The van der Waals surface area contributed by atoms with E-state index in [1.807, 2.05) is 0 Å². The molecular formula is C25H20Cl2N2O4. The number of hydrogen-bond donors (Lipinski definition) is 2. The fourth-order valence-corrected chi connectivity index (χ4v) is 3.42. The standard InChI is InChI=1S/C25H20Cl2N2O4/c1-2-23(30)28-20-11-12-21(22(13-20)25(32)33)24(31)29(14-16-3-7-18(26)8-4-16)15-17-5-9-19(27)10-6-17/h2-13H,1,14-15H2,(H,28,30)(H,32,33). The van der Waals surface area contributed by atoms with Gasteiger partial charge in [0.05, 0.1) is 11.1 Å². The Kier molecular flexibility index (Phi) is 7.87. The highest BCUT2D eigenvalue weighted by Gasteiger charge is 2.23. The van der Waals surface area contributed by atoms with Crippen molar-refractivity contribution in [2.75, 3.05) is 5.32 Å². The van der Waals surface area contributed by atoms with Crippen molar-refractivity contribution in [2.24, 2.45) is 0 Å². The minimum Gasteiger partial charge on any atom is -0.478 e. The lowest BCUT2D eigenvalue weighted by Gasteiger charge is -2.24. The van der Waals surface area contributed by atoms with Crippen LogP contribution in [0, 0.1) is 0 Å². The molecule has 6 nitrogen and oxygen atoms in total. The van der Waals surface area contributed by atoms with E-state index in [0.29, 0.717) is 10.0 Å². The summed E-state index contributed by atoms with van der Waals surface area (Å²) >= 11 is 11.9. The number of carbonyl (C=O) groups is 3. The normalized spacial score (nSPS) is 10.4. The van der Waals surface area contributed by atoms with Gasteiger partial charge >= 0.3 is 5.97 Å². The van der Waals surface area contributed by atoms with Gasteiger partial charge in [-0.15, -0.1) is 0 Å². The van der Waals surface area contributed by atoms with Gasteiger partial charge in [-0.05, 0) is 59.7 Å². The first-order chi connectivity index (χ1) is 15.8. The molecule has 0 radical (unpaired) electrons. The minimum atomic E-state index is -1.29. The van der Waals surface area contributed by atoms with E-state index in [4.69, 9.17) is 23.2 Å². The zero-order chi connectivity index (χ0) is 24.0. The number of carboxylic acid groups (broad SMARTS) is 1. The molecule has 2 amide bonds. The Morgan fingerprint density at radius 2 is 1.36 bits per heavy atom. The van der Waals surface area contributed by atoms with E-state index in [2.05, 4.69) is 11.9 Å². The van der Waals surface area contributed by atoms with Crippen LogP contribution in [0.1, 0.15) is 31.8 Å². The van der Waals surface area contributed by atoms with Crippen molar-refractivity contribution in [1.82, 2.24) is 4.90 Å². The van der Waals surface area contributed by atoms with Crippen molar-refractivity contribution < 1.29 is 19.5 Å². The van der Waals surface area contributed by atoms with E-state index in [1.165, 1.54) is 23.1 Å². The van der Waals surface area contributed by atoms with Crippen LogP contribution < -0.4 is 5.32 Å². The Labute approximate surface area is 201 Å². The SMILES string of the molecule is C=CC(=O)Nc1ccc(C(=O)N(Cc2ccc(Cl)cc2)Cc2ccc(Cl)cc2)c(C(=O)O)c1. The number of anilines is 1. The average Bonchev–Trinajstić information content (AvgIpc) is 2.80. The molecule has 3 aromatic carbocycles. The van der Waals surface area contributed by atoms with E-state index in [9.17, 15) is 19.5 Å². The molecule has 2 N–H and O–H groups in total. The summed E-state index contributed by atoms with van der Waals surface area (Å²) in [5, 5.41) is 13.4. The second kappa shape index (κ2) is 10.8. The number of nitrogens with zero attached hydrogens (tertiary/aromatic N) is 1. The van der Waals surface area contributed by atoms with Crippen LogP contribution in [-0.4, -0.2) is 27.8 Å². The van der Waals surface area contributed by atoms with Gasteiger partial charge in [0.1, 0.15) is 0 Å². The van der Waals surface area contributed by atoms with Crippen molar-refractivity contribution in [3.63, 3.8) is 0 Å². The number of halogens is 2. The molecule has 0 heterocycles. The summed E-state index contributed by atoms with van der Waals surface area (Å²) < 4.78 is 0. The highest BCUT2D eigenvalue weighted by molar-refractivity contribution is 6.30. The number of nitrogens with one attached hydrogen (secondary N) is 1. The Morgan fingerprint density at radius 1 is 0.848 bits per heavy atom. The van der Waals surface area contributed by atoms with E-state index in [1.54, 1.807) is 48.5 Å². The van der Waals surface area contributed by atoms with Crippen molar-refractivity contribution in [2.45, 2.75) is 13.1 Å². The highest BCUT2D eigenvalue weighted by Crippen LogP contribution is 2.22. The zero-order valence-electron chi connectivity index (χ0n) is 17.4. The van der Waals surface area contributed by atoms with Gasteiger partial charge in [-0.1, -0.05) is 54.0 Å². The topological polar surface area (TPSA) is 86.7 Å². The Bertz CT molecular complexity index is 1140. The third-order valence-electron chi connectivity index (χ3n) is 4.79. The van der Waals surface area contributed by atoms with Crippen molar-refractivity contribution in [1.29, 1.82) is 0 Å². The Balaban J connectivity index is 1.97. The molecule has 0 saturated carbocycles. The van der Waals surface area contributed by atoms with E-state index in [0.717, 1.165) is 17.2 Å². The first-order valence-electron chi connectivity index (χ1n) is 9.85. The molecule has 0 fully saturated rings. The van der Waals surface area contributed by atoms with Crippen LogP contribution in [0.2, 0.25) is 10.0 Å². The van der Waals surface area contributed by atoms with Gasteiger partial charge in [0.2, 0.25) is 5.91 Å². The summed E-state index contributed by atoms with van der Waals surface area (Å²) in [5.41, 5.74) is 1.68. The molecule has 3 rings (SSSR count). The number of benzene rings is 3. The number of rotatable bonds is 8. The van der Waals surface area contributed by atoms with Crippen LogP contribution in [-0.2, 0) is 17.9 Å². The minimum absolute atomic E-state index is 0.00188. The molecule has 0 saturated heterocycles. The smallest absolute Gasteiger partial charge is 0.336 e. The van der Waals surface area contributed by atoms with E-state index >= 15 is 0 Å². The molecule has 168 valence electrons. The number of amides is 2. The number of carboxylic acids is 1. The summed E-state index contributed by atoms with van der Waals surface area (Å²) in [6, 6.07) is 18.2. The van der Waals surface area contributed by atoms with E-state index < -0.39 is 17.8 Å². The first-order valence-corrected chi connectivity index (χ1v) is 10.6. The lowest BCUT2D eigenvalue weighted by Crippen LogP contribution is -2.31. The molecule has 0 bridgehead atoms. The van der Waals surface area contributed by atoms with Crippen LogP contribution in [0.3, 0.4) is 0 Å². The monoisotopic (exact) mass is 482 g/mol. The molecule has 0 atom stereocenters. The summed E-state index contributed by atoms with van der Waals surface area (Å²) in [6.45, 7) is 3.83. The van der Waals surface area contributed by atoms with Crippen LogP contribution in [0.4, 0.5) is 5.69 Å². The third kappa shape index (κ3) is 6.44. The molecular weight excluding hydrogens is 463 g/mol. The second-order valence-corrected chi connectivity index (χ2v) is 8.05. The predicted octanol–water partition coefficient (Wildman–Crippen LogP) is 5.66.